The van der Waals surface area contributed by atoms with Crippen molar-refractivity contribution < 1.29 is 22.4 Å². The number of hydrogen-bond acceptors (Lipinski definition) is 4. The van der Waals surface area contributed by atoms with Crippen molar-refractivity contribution in [2.45, 2.75) is 38.1 Å². The molecule has 0 fully saturated rings. The van der Waals surface area contributed by atoms with E-state index in [1.54, 1.807) is 38.1 Å². The molecule has 0 atom stereocenters. The van der Waals surface area contributed by atoms with Crippen LogP contribution in [0.25, 0.3) is 0 Å². The number of carbonyl (C=O) groups is 2. The van der Waals surface area contributed by atoms with E-state index in [0.717, 1.165) is 30.2 Å². The maximum atomic E-state index is 14.0. The SMILES string of the molecule is CCc1ccc(C(=O)NNC(=O)c2cc(S(=O)(=O)NC(C)C)ccc2F)cc1. The zero-order chi connectivity index (χ0) is 20.9. The molecule has 2 rings (SSSR count). The Hall–Kier alpha value is -2.78. The van der Waals surface area contributed by atoms with E-state index in [9.17, 15) is 22.4 Å². The number of amides is 2. The van der Waals surface area contributed by atoms with Gasteiger partial charge in [-0.2, -0.15) is 0 Å². The molecular formula is C19H22FN3O4S. The maximum absolute atomic E-state index is 14.0. The first-order chi connectivity index (χ1) is 13.1. The Morgan fingerprint density at radius 3 is 2.18 bits per heavy atom. The van der Waals surface area contributed by atoms with Gasteiger partial charge in [-0.05, 0) is 56.2 Å². The summed E-state index contributed by atoms with van der Waals surface area (Å²) in [6, 6.07) is 9.26. The lowest BCUT2D eigenvalue weighted by Gasteiger charge is -2.12. The molecule has 0 spiro atoms. The number of hydrogen-bond donors (Lipinski definition) is 3. The van der Waals surface area contributed by atoms with Gasteiger partial charge >= 0.3 is 0 Å². The zero-order valence-corrected chi connectivity index (χ0v) is 16.6. The topological polar surface area (TPSA) is 104 Å². The van der Waals surface area contributed by atoms with Crippen molar-refractivity contribution in [3.05, 3.63) is 65.0 Å². The third-order valence-electron chi connectivity index (χ3n) is 3.80. The quantitative estimate of drug-likeness (QED) is 0.638. The highest BCUT2D eigenvalue weighted by atomic mass is 32.2. The molecule has 0 radical (unpaired) electrons. The molecule has 2 aromatic carbocycles. The minimum absolute atomic E-state index is 0.255. The Bertz CT molecular complexity index is 973. The number of aryl methyl sites for hydroxylation is 1. The molecule has 0 aromatic heterocycles. The fourth-order valence-corrected chi connectivity index (χ4v) is 3.65. The van der Waals surface area contributed by atoms with Crippen LogP contribution < -0.4 is 15.6 Å². The summed E-state index contributed by atoms with van der Waals surface area (Å²) in [5, 5.41) is 0. The van der Waals surface area contributed by atoms with E-state index in [0.29, 0.717) is 5.56 Å². The van der Waals surface area contributed by atoms with Gasteiger partial charge in [-0.25, -0.2) is 17.5 Å². The molecule has 2 amide bonds. The minimum Gasteiger partial charge on any atom is -0.267 e. The monoisotopic (exact) mass is 407 g/mol. The van der Waals surface area contributed by atoms with E-state index in [1.165, 1.54) is 0 Å². The number of sulfonamides is 1. The van der Waals surface area contributed by atoms with Crippen LogP contribution in [0, 0.1) is 5.82 Å². The third kappa shape index (κ3) is 5.37. The summed E-state index contributed by atoms with van der Waals surface area (Å²) in [5.41, 5.74) is 5.14. The Kier molecular flexibility index (Phi) is 6.87. The van der Waals surface area contributed by atoms with E-state index in [1.807, 2.05) is 6.92 Å². The lowest BCUT2D eigenvalue weighted by Crippen LogP contribution is -2.42. The van der Waals surface area contributed by atoms with Gasteiger partial charge in [0.05, 0.1) is 10.5 Å². The number of nitrogens with one attached hydrogen (secondary N) is 3. The second kappa shape index (κ2) is 8.94. The highest BCUT2D eigenvalue weighted by Crippen LogP contribution is 2.15. The fraction of sp³-hybridized carbons (Fsp3) is 0.263. The van der Waals surface area contributed by atoms with Gasteiger partial charge in [-0.1, -0.05) is 19.1 Å². The van der Waals surface area contributed by atoms with Crippen molar-refractivity contribution in [2.24, 2.45) is 0 Å². The molecular weight excluding hydrogens is 385 g/mol. The van der Waals surface area contributed by atoms with Crippen LogP contribution in [-0.2, 0) is 16.4 Å². The van der Waals surface area contributed by atoms with Crippen molar-refractivity contribution in [2.75, 3.05) is 0 Å². The summed E-state index contributed by atoms with van der Waals surface area (Å²) in [6.07, 6.45) is 0.822. The molecule has 7 nitrogen and oxygen atoms in total. The van der Waals surface area contributed by atoms with Crippen LogP contribution in [0.2, 0.25) is 0 Å². The van der Waals surface area contributed by atoms with Crippen LogP contribution in [0.15, 0.2) is 47.4 Å². The zero-order valence-electron chi connectivity index (χ0n) is 15.7. The van der Waals surface area contributed by atoms with Crippen molar-refractivity contribution in [1.82, 2.24) is 15.6 Å². The van der Waals surface area contributed by atoms with Crippen molar-refractivity contribution >= 4 is 21.8 Å². The van der Waals surface area contributed by atoms with Gasteiger partial charge in [0.15, 0.2) is 0 Å². The first-order valence-corrected chi connectivity index (χ1v) is 10.1. The van der Waals surface area contributed by atoms with Crippen LogP contribution >= 0.6 is 0 Å². The normalized spacial score (nSPS) is 11.3. The number of rotatable bonds is 6. The average molecular weight is 407 g/mol. The third-order valence-corrected chi connectivity index (χ3v) is 5.45. The van der Waals surface area contributed by atoms with Crippen LogP contribution in [-0.4, -0.2) is 26.3 Å². The highest BCUT2D eigenvalue weighted by molar-refractivity contribution is 7.89. The average Bonchev–Trinajstić information content (AvgIpc) is 2.65. The molecule has 0 unspecified atom stereocenters. The lowest BCUT2D eigenvalue weighted by molar-refractivity contribution is 0.0844. The molecule has 0 saturated heterocycles. The number of halogens is 1. The molecule has 28 heavy (non-hydrogen) atoms. The second-order valence-electron chi connectivity index (χ2n) is 6.38. The molecule has 0 aliphatic carbocycles. The molecule has 0 aliphatic heterocycles. The predicted octanol–water partition coefficient (Wildman–Crippen LogP) is 2.15. The number of carbonyl (C=O) groups excluding carboxylic acids is 2. The van der Waals surface area contributed by atoms with Crippen LogP contribution in [0.5, 0.6) is 0 Å². The smallest absolute Gasteiger partial charge is 0.267 e. The summed E-state index contributed by atoms with van der Waals surface area (Å²) < 4.78 is 40.8. The Labute approximate surface area is 163 Å². The van der Waals surface area contributed by atoms with Crippen LogP contribution in [0.1, 0.15) is 47.1 Å². The standard InChI is InChI=1S/C19H22FN3O4S/c1-4-13-5-7-14(8-6-13)18(24)21-22-19(25)16-11-15(9-10-17(16)20)28(26,27)23-12(2)3/h5-12,23H,4H2,1-3H3,(H,21,24)(H,22,25). The van der Waals surface area contributed by atoms with E-state index in [-0.39, 0.29) is 10.9 Å². The molecule has 0 saturated carbocycles. The fourth-order valence-electron chi connectivity index (χ4n) is 2.37. The molecule has 3 N–H and O–H groups in total. The second-order valence-corrected chi connectivity index (χ2v) is 8.09. The Morgan fingerprint density at radius 1 is 1.00 bits per heavy atom. The van der Waals surface area contributed by atoms with Crippen molar-refractivity contribution in [3.63, 3.8) is 0 Å². The minimum atomic E-state index is -3.90. The molecule has 0 heterocycles. The van der Waals surface area contributed by atoms with E-state index < -0.39 is 33.2 Å². The van der Waals surface area contributed by atoms with E-state index in [2.05, 4.69) is 15.6 Å². The summed E-state index contributed by atoms with van der Waals surface area (Å²) in [4.78, 5) is 24.1. The van der Waals surface area contributed by atoms with Gasteiger partial charge < -0.3 is 0 Å². The number of hydrazine groups is 1. The molecule has 150 valence electrons. The largest absolute Gasteiger partial charge is 0.272 e. The van der Waals surface area contributed by atoms with Gasteiger partial charge in [0.2, 0.25) is 10.0 Å². The van der Waals surface area contributed by atoms with Gasteiger partial charge in [0, 0.05) is 11.6 Å². The first-order valence-electron chi connectivity index (χ1n) is 8.65. The predicted molar refractivity (Wildman–Crippen MR) is 103 cm³/mol. The van der Waals surface area contributed by atoms with Gasteiger partial charge in [-0.3, -0.25) is 20.4 Å². The number of benzene rings is 2. The summed E-state index contributed by atoms with van der Waals surface area (Å²) >= 11 is 0. The van der Waals surface area contributed by atoms with E-state index in [4.69, 9.17) is 0 Å². The van der Waals surface area contributed by atoms with Crippen molar-refractivity contribution in [1.29, 1.82) is 0 Å². The van der Waals surface area contributed by atoms with E-state index >= 15 is 0 Å². The molecule has 0 aliphatic rings. The van der Waals surface area contributed by atoms with Gasteiger partial charge in [0.25, 0.3) is 11.8 Å². The Balaban J connectivity index is 2.13. The maximum Gasteiger partial charge on any atom is 0.272 e. The molecule has 2 aromatic rings. The Morgan fingerprint density at radius 2 is 1.61 bits per heavy atom. The lowest BCUT2D eigenvalue weighted by atomic mass is 10.1. The molecule has 0 bridgehead atoms. The van der Waals surface area contributed by atoms with Gasteiger partial charge in [0.1, 0.15) is 5.82 Å². The van der Waals surface area contributed by atoms with Gasteiger partial charge in [-0.15, -0.1) is 0 Å². The summed E-state index contributed by atoms with van der Waals surface area (Å²) in [6.45, 7) is 5.25. The first kappa shape index (κ1) is 21.5. The summed E-state index contributed by atoms with van der Waals surface area (Å²) in [5.74, 6) is -2.47. The highest BCUT2D eigenvalue weighted by Gasteiger charge is 2.20. The molecule has 9 heteroatoms. The summed E-state index contributed by atoms with van der Waals surface area (Å²) in [7, 11) is -3.90. The van der Waals surface area contributed by atoms with Crippen LogP contribution in [0.4, 0.5) is 4.39 Å². The van der Waals surface area contributed by atoms with Crippen molar-refractivity contribution in [3.8, 4) is 0 Å². The van der Waals surface area contributed by atoms with Crippen LogP contribution in [0.3, 0.4) is 0 Å².